The number of hydrogen-bond donors (Lipinski definition) is 0. The molecular weight excluding hydrogens is 629 g/mol. The monoisotopic (exact) mass is 660 g/mol. The summed E-state index contributed by atoms with van der Waals surface area (Å²) in [7, 11) is 0. The van der Waals surface area contributed by atoms with Crippen molar-refractivity contribution in [3.05, 3.63) is 194 Å². The predicted octanol–water partition coefficient (Wildman–Crippen LogP) is 13.5. The number of rotatable bonds is 4. The Balaban J connectivity index is 1.08. The maximum absolute atomic E-state index is 2.43. The Bertz CT molecular complexity index is 3110. The summed E-state index contributed by atoms with van der Waals surface area (Å²) < 4.78 is 4.80. The molecule has 2 heteroatoms. The van der Waals surface area contributed by atoms with E-state index in [9.17, 15) is 0 Å². The average molecular weight is 661 g/mol. The summed E-state index contributed by atoms with van der Waals surface area (Å²) in [5, 5.41) is 10.1. The first kappa shape index (κ1) is 28.9. The summed E-state index contributed by atoms with van der Waals surface area (Å²) >= 11 is 0. The summed E-state index contributed by atoms with van der Waals surface area (Å²) in [5.41, 5.74) is 12.1. The van der Waals surface area contributed by atoms with Crippen LogP contribution < -0.4 is 0 Å². The summed E-state index contributed by atoms with van der Waals surface area (Å²) in [6.45, 7) is 0. The normalized spacial score (nSPS) is 11.8. The van der Waals surface area contributed by atoms with E-state index in [2.05, 4.69) is 203 Å². The van der Waals surface area contributed by atoms with Crippen LogP contribution in [0, 0.1) is 0 Å². The molecule has 52 heavy (non-hydrogen) atoms. The van der Waals surface area contributed by atoms with Crippen molar-refractivity contribution in [3.8, 4) is 33.6 Å². The van der Waals surface area contributed by atoms with Gasteiger partial charge in [0.2, 0.25) is 0 Å². The van der Waals surface area contributed by atoms with Crippen molar-refractivity contribution in [2.75, 3.05) is 0 Å². The third kappa shape index (κ3) is 4.31. The van der Waals surface area contributed by atoms with Gasteiger partial charge in [-0.1, -0.05) is 133 Å². The first-order chi connectivity index (χ1) is 25.8. The van der Waals surface area contributed by atoms with E-state index in [-0.39, 0.29) is 0 Å². The lowest BCUT2D eigenvalue weighted by Gasteiger charge is -2.14. The molecule has 2 nitrogen and oxygen atoms in total. The van der Waals surface area contributed by atoms with E-state index in [1.54, 1.807) is 0 Å². The van der Waals surface area contributed by atoms with Crippen molar-refractivity contribution in [2.45, 2.75) is 0 Å². The molecule has 0 amide bonds. The van der Waals surface area contributed by atoms with Gasteiger partial charge in [-0.2, -0.15) is 0 Å². The van der Waals surface area contributed by atoms with Crippen LogP contribution >= 0.6 is 0 Å². The van der Waals surface area contributed by atoms with Gasteiger partial charge in [-0.25, -0.2) is 0 Å². The van der Waals surface area contributed by atoms with Gasteiger partial charge in [-0.05, 0) is 104 Å². The number of para-hydroxylation sites is 3. The molecule has 0 atom stereocenters. The van der Waals surface area contributed by atoms with E-state index < -0.39 is 0 Å². The van der Waals surface area contributed by atoms with E-state index in [1.807, 2.05) is 0 Å². The van der Waals surface area contributed by atoms with Gasteiger partial charge in [-0.15, -0.1) is 0 Å². The summed E-state index contributed by atoms with van der Waals surface area (Å²) in [6, 6.07) is 71.0. The standard InChI is InChI=1S/C50H32N2/c1-2-14-38(15-3-1)51-47-21-11-9-19-43(47)45-31-34(25-29-48(45)51)35-24-28-44-42-18-8-10-20-46(42)52(49(44)32-35)39-26-22-33(23-27-39)50-40-16-6-4-12-36(40)30-37-13-5-7-17-41(37)50/h1-32H. The summed E-state index contributed by atoms with van der Waals surface area (Å²) in [4.78, 5) is 0. The molecule has 0 spiro atoms. The van der Waals surface area contributed by atoms with E-state index >= 15 is 0 Å². The fourth-order valence-corrected chi connectivity index (χ4v) is 8.54. The zero-order valence-corrected chi connectivity index (χ0v) is 28.4. The van der Waals surface area contributed by atoms with Gasteiger partial charge >= 0.3 is 0 Å². The molecule has 11 rings (SSSR count). The van der Waals surface area contributed by atoms with Crippen molar-refractivity contribution < 1.29 is 0 Å². The molecule has 2 heterocycles. The Kier molecular flexibility index (Phi) is 6.28. The highest BCUT2D eigenvalue weighted by atomic mass is 15.0. The Morgan fingerprint density at radius 2 is 0.712 bits per heavy atom. The number of fused-ring (bicyclic) bond motifs is 8. The van der Waals surface area contributed by atoms with Crippen molar-refractivity contribution in [3.63, 3.8) is 0 Å². The lowest BCUT2D eigenvalue weighted by atomic mass is 9.92. The van der Waals surface area contributed by atoms with Crippen LogP contribution in [-0.4, -0.2) is 9.13 Å². The molecule has 0 aliphatic heterocycles. The minimum Gasteiger partial charge on any atom is -0.309 e. The zero-order valence-electron chi connectivity index (χ0n) is 28.4. The zero-order chi connectivity index (χ0) is 34.2. The van der Waals surface area contributed by atoms with Crippen molar-refractivity contribution >= 4 is 65.2 Å². The highest BCUT2D eigenvalue weighted by Crippen LogP contribution is 2.40. The maximum atomic E-state index is 2.43. The molecule has 0 unspecified atom stereocenters. The molecule has 0 aliphatic carbocycles. The van der Waals surface area contributed by atoms with E-state index in [0.717, 1.165) is 5.69 Å². The fraction of sp³-hybridized carbons (Fsp3) is 0. The largest absolute Gasteiger partial charge is 0.309 e. The molecule has 0 radical (unpaired) electrons. The highest BCUT2D eigenvalue weighted by Gasteiger charge is 2.17. The van der Waals surface area contributed by atoms with E-state index in [1.165, 1.54) is 93.1 Å². The Morgan fingerprint density at radius 3 is 1.40 bits per heavy atom. The lowest BCUT2D eigenvalue weighted by molar-refractivity contribution is 1.18. The molecule has 2 aromatic heterocycles. The Labute approximate surface area is 301 Å². The van der Waals surface area contributed by atoms with Gasteiger partial charge in [0.05, 0.1) is 22.1 Å². The Hall–Kier alpha value is -6.90. The van der Waals surface area contributed by atoms with Gasteiger partial charge < -0.3 is 9.13 Å². The molecule has 11 aromatic rings. The van der Waals surface area contributed by atoms with Crippen LogP contribution in [0.3, 0.4) is 0 Å². The molecule has 0 fully saturated rings. The van der Waals surface area contributed by atoms with Gasteiger partial charge in [-0.3, -0.25) is 0 Å². The molecule has 9 aromatic carbocycles. The second-order valence-electron chi connectivity index (χ2n) is 13.7. The van der Waals surface area contributed by atoms with Crippen LogP contribution in [0.25, 0.3) is 98.8 Å². The molecular formula is C50H32N2. The molecule has 0 saturated heterocycles. The second-order valence-corrected chi connectivity index (χ2v) is 13.7. The predicted molar refractivity (Wildman–Crippen MR) is 221 cm³/mol. The van der Waals surface area contributed by atoms with Crippen LogP contribution in [0.2, 0.25) is 0 Å². The number of hydrogen-bond acceptors (Lipinski definition) is 0. The van der Waals surface area contributed by atoms with Gasteiger partial charge in [0.25, 0.3) is 0 Å². The molecule has 0 saturated carbocycles. The smallest absolute Gasteiger partial charge is 0.0547 e. The maximum Gasteiger partial charge on any atom is 0.0547 e. The van der Waals surface area contributed by atoms with Gasteiger partial charge in [0, 0.05) is 32.9 Å². The van der Waals surface area contributed by atoms with Crippen molar-refractivity contribution in [2.24, 2.45) is 0 Å². The molecule has 0 bridgehead atoms. The van der Waals surface area contributed by atoms with E-state index in [0.29, 0.717) is 0 Å². The lowest BCUT2D eigenvalue weighted by Crippen LogP contribution is -1.94. The van der Waals surface area contributed by atoms with Crippen molar-refractivity contribution in [1.82, 2.24) is 9.13 Å². The minimum atomic E-state index is 1.15. The van der Waals surface area contributed by atoms with Crippen LogP contribution in [0.5, 0.6) is 0 Å². The average Bonchev–Trinajstić information content (AvgIpc) is 3.72. The Morgan fingerprint density at radius 1 is 0.250 bits per heavy atom. The van der Waals surface area contributed by atoms with Crippen LogP contribution in [0.4, 0.5) is 0 Å². The summed E-state index contributed by atoms with van der Waals surface area (Å²) in [5.74, 6) is 0. The summed E-state index contributed by atoms with van der Waals surface area (Å²) in [6.07, 6.45) is 0. The molecule has 0 aliphatic rings. The topological polar surface area (TPSA) is 9.86 Å². The SMILES string of the molecule is c1ccc(-n2c3ccccc3c3cc(-c4ccc5c6ccccc6n(-c6ccc(-c7c8ccccc8cc8ccccc78)cc6)c5c4)ccc32)cc1. The third-order valence-corrected chi connectivity index (χ3v) is 10.9. The van der Waals surface area contributed by atoms with E-state index in [4.69, 9.17) is 0 Å². The molecule has 0 N–H and O–H groups in total. The first-order valence-electron chi connectivity index (χ1n) is 17.9. The third-order valence-electron chi connectivity index (χ3n) is 10.9. The first-order valence-corrected chi connectivity index (χ1v) is 17.9. The van der Waals surface area contributed by atoms with Crippen LogP contribution in [0.1, 0.15) is 0 Å². The minimum absolute atomic E-state index is 1.15. The van der Waals surface area contributed by atoms with Crippen LogP contribution in [0.15, 0.2) is 194 Å². The van der Waals surface area contributed by atoms with Crippen LogP contribution in [-0.2, 0) is 0 Å². The van der Waals surface area contributed by atoms with Crippen molar-refractivity contribution in [1.29, 1.82) is 0 Å². The second kappa shape index (κ2) is 11.3. The number of aromatic nitrogens is 2. The number of benzene rings is 9. The van der Waals surface area contributed by atoms with Gasteiger partial charge in [0.1, 0.15) is 0 Å². The molecule has 242 valence electrons. The quantitative estimate of drug-likeness (QED) is 0.166. The fourth-order valence-electron chi connectivity index (χ4n) is 8.54. The van der Waals surface area contributed by atoms with Gasteiger partial charge in [0.15, 0.2) is 0 Å². The highest BCUT2D eigenvalue weighted by molar-refractivity contribution is 6.14. The number of nitrogens with zero attached hydrogens (tertiary/aromatic N) is 2.